The average molecular weight is 292 g/mol. The Kier molecular flexibility index (Phi) is 4.25. The fraction of sp³-hybridized carbons (Fsp3) is 0.200. The molecule has 1 aromatic heterocycles. The van der Waals surface area contributed by atoms with Gasteiger partial charge >= 0.3 is 5.97 Å². The minimum Gasteiger partial charge on any atom is -0.463 e. The maximum Gasteiger partial charge on any atom is 0.330 e. The number of esters is 1. The van der Waals surface area contributed by atoms with Crippen molar-refractivity contribution in [3.05, 3.63) is 51.3 Å². The smallest absolute Gasteiger partial charge is 0.330 e. The molecule has 0 N–H and O–H groups in total. The molecule has 0 bridgehead atoms. The Balaban J connectivity index is 2.51. The van der Waals surface area contributed by atoms with Crippen molar-refractivity contribution >= 4 is 34.5 Å². The number of carbonyl (C=O) groups excluding carboxylic acids is 1. The third kappa shape index (κ3) is 2.91. The lowest BCUT2D eigenvalue weighted by atomic mass is 10.1. The van der Waals surface area contributed by atoms with E-state index in [1.54, 1.807) is 35.9 Å². The highest BCUT2D eigenvalue weighted by atomic mass is 35.5. The lowest BCUT2D eigenvalue weighted by Gasteiger charge is -2.07. The molecule has 1 heterocycles. The van der Waals surface area contributed by atoms with E-state index in [1.165, 1.54) is 12.2 Å². The number of hydrogen-bond donors (Lipinski definition) is 0. The van der Waals surface area contributed by atoms with Crippen LogP contribution >= 0.6 is 11.6 Å². The molecule has 0 fully saturated rings. The van der Waals surface area contributed by atoms with E-state index in [9.17, 15) is 9.59 Å². The molecule has 2 aromatic rings. The molecule has 1 aromatic carbocycles. The van der Waals surface area contributed by atoms with E-state index in [-0.39, 0.29) is 5.43 Å². The first-order chi connectivity index (χ1) is 9.52. The highest BCUT2D eigenvalue weighted by Crippen LogP contribution is 2.17. The maximum absolute atomic E-state index is 12.3. The Morgan fingerprint density at radius 3 is 2.90 bits per heavy atom. The number of aryl methyl sites for hydroxylation is 1. The van der Waals surface area contributed by atoms with Crippen molar-refractivity contribution in [3.63, 3.8) is 0 Å². The van der Waals surface area contributed by atoms with Crippen molar-refractivity contribution in [1.29, 1.82) is 0 Å². The number of pyridine rings is 1. The first-order valence-corrected chi connectivity index (χ1v) is 6.54. The number of ether oxygens (including phenoxy) is 1. The van der Waals surface area contributed by atoms with E-state index < -0.39 is 5.97 Å². The second-order valence-corrected chi connectivity index (χ2v) is 4.71. The summed E-state index contributed by atoms with van der Waals surface area (Å²) in [5, 5.41) is 1.13. The fourth-order valence-corrected chi connectivity index (χ4v) is 2.11. The lowest BCUT2D eigenvalue weighted by Crippen LogP contribution is -2.10. The molecule has 0 amide bonds. The number of carbonyl (C=O) groups is 1. The van der Waals surface area contributed by atoms with Gasteiger partial charge in [0.15, 0.2) is 5.43 Å². The molecule has 0 aliphatic carbocycles. The van der Waals surface area contributed by atoms with Gasteiger partial charge in [0.25, 0.3) is 0 Å². The molecular weight excluding hydrogens is 278 g/mol. The van der Waals surface area contributed by atoms with E-state index in [0.717, 1.165) is 5.52 Å². The van der Waals surface area contributed by atoms with E-state index in [0.29, 0.717) is 22.6 Å². The molecule has 0 aliphatic rings. The predicted molar refractivity (Wildman–Crippen MR) is 79.9 cm³/mol. The highest BCUT2D eigenvalue weighted by Gasteiger charge is 2.06. The third-order valence-electron chi connectivity index (χ3n) is 2.86. The molecule has 0 atom stereocenters. The zero-order valence-electron chi connectivity index (χ0n) is 11.2. The van der Waals surface area contributed by atoms with Gasteiger partial charge in [-0.3, -0.25) is 4.79 Å². The monoisotopic (exact) mass is 291 g/mol. The van der Waals surface area contributed by atoms with E-state index >= 15 is 0 Å². The van der Waals surface area contributed by atoms with Crippen LogP contribution < -0.4 is 5.43 Å². The quantitative estimate of drug-likeness (QED) is 0.645. The Labute approximate surface area is 121 Å². The van der Waals surface area contributed by atoms with Gasteiger partial charge < -0.3 is 9.30 Å². The third-order valence-corrected chi connectivity index (χ3v) is 3.10. The van der Waals surface area contributed by atoms with Crippen molar-refractivity contribution in [1.82, 2.24) is 4.57 Å². The minimum atomic E-state index is -0.467. The van der Waals surface area contributed by atoms with Gasteiger partial charge in [0.1, 0.15) is 0 Å². The number of hydrogen-bond acceptors (Lipinski definition) is 3. The predicted octanol–water partition coefficient (Wildman–Crippen LogP) is 2.77. The van der Waals surface area contributed by atoms with Crippen molar-refractivity contribution in [2.45, 2.75) is 6.92 Å². The van der Waals surface area contributed by atoms with Crippen molar-refractivity contribution in [2.24, 2.45) is 7.05 Å². The summed E-state index contributed by atoms with van der Waals surface area (Å²) >= 11 is 5.93. The first kappa shape index (κ1) is 14.3. The maximum atomic E-state index is 12.3. The summed E-state index contributed by atoms with van der Waals surface area (Å²) in [6.45, 7) is 2.03. The van der Waals surface area contributed by atoms with E-state index in [4.69, 9.17) is 16.3 Å². The van der Waals surface area contributed by atoms with Crippen LogP contribution in [0.25, 0.3) is 17.0 Å². The molecule has 104 valence electrons. The zero-order chi connectivity index (χ0) is 14.7. The van der Waals surface area contributed by atoms with Gasteiger partial charge in [0.05, 0.1) is 12.1 Å². The van der Waals surface area contributed by atoms with Crippen molar-refractivity contribution < 1.29 is 9.53 Å². The molecule has 0 saturated heterocycles. The van der Waals surface area contributed by atoms with Gasteiger partial charge in [0, 0.05) is 35.3 Å². The zero-order valence-corrected chi connectivity index (χ0v) is 12.0. The number of rotatable bonds is 3. The molecule has 0 radical (unpaired) electrons. The van der Waals surface area contributed by atoms with Crippen LogP contribution in [0.15, 0.2) is 35.3 Å². The fourth-order valence-electron chi connectivity index (χ4n) is 1.95. The summed E-state index contributed by atoms with van der Waals surface area (Å²) in [7, 11) is 1.82. The molecule has 20 heavy (non-hydrogen) atoms. The summed E-state index contributed by atoms with van der Waals surface area (Å²) in [6.07, 6.45) is 4.38. The van der Waals surface area contributed by atoms with Crippen LogP contribution in [0.3, 0.4) is 0 Å². The van der Waals surface area contributed by atoms with Crippen molar-refractivity contribution in [3.8, 4) is 0 Å². The van der Waals surface area contributed by atoms with Crippen LogP contribution in [0.5, 0.6) is 0 Å². The number of fused-ring (bicyclic) bond motifs is 1. The molecule has 0 saturated carbocycles. The average Bonchev–Trinajstić information content (AvgIpc) is 2.41. The molecule has 2 rings (SSSR count). The van der Waals surface area contributed by atoms with Gasteiger partial charge in [-0.15, -0.1) is 0 Å². The molecule has 0 spiro atoms. The number of benzene rings is 1. The van der Waals surface area contributed by atoms with E-state index in [2.05, 4.69) is 0 Å². The minimum absolute atomic E-state index is 0.143. The first-order valence-electron chi connectivity index (χ1n) is 6.16. The molecule has 5 heteroatoms. The molecule has 0 unspecified atom stereocenters. The Hall–Kier alpha value is -2.07. The SMILES string of the molecule is CCOC(=O)C=Cc1cn(C)c2cc(Cl)ccc2c1=O. The van der Waals surface area contributed by atoms with Crippen LogP contribution in [0.4, 0.5) is 0 Å². The Morgan fingerprint density at radius 2 is 2.20 bits per heavy atom. The lowest BCUT2D eigenvalue weighted by molar-refractivity contribution is -0.137. The van der Waals surface area contributed by atoms with E-state index in [1.807, 2.05) is 7.05 Å². The van der Waals surface area contributed by atoms with Crippen LogP contribution in [0.1, 0.15) is 12.5 Å². The largest absolute Gasteiger partial charge is 0.463 e. The van der Waals surface area contributed by atoms with Gasteiger partial charge in [-0.1, -0.05) is 11.6 Å². The standard InChI is InChI=1S/C15H14ClNO3/c1-3-20-14(18)7-4-10-9-17(2)13-8-11(16)5-6-12(13)15(10)19/h4-9H,3H2,1-2H3. The van der Waals surface area contributed by atoms with Crippen LogP contribution in [-0.2, 0) is 16.6 Å². The number of nitrogens with zero attached hydrogens (tertiary/aromatic N) is 1. The van der Waals surface area contributed by atoms with Gasteiger partial charge in [-0.25, -0.2) is 4.79 Å². The summed E-state index contributed by atoms with van der Waals surface area (Å²) in [5.74, 6) is -0.467. The Morgan fingerprint density at radius 1 is 1.45 bits per heavy atom. The topological polar surface area (TPSA) is 48.3 Å². The second-order valence-electron chi connectivity index (χ2n) is 4.27. The second kappa shape index (κ2) is 5.92. The van der Waals surface area contributed by atoms with Crippen LogP contribution in [0.2, 0.25) is 5.02 Å². The van der Waals surface area contributed by atoms with Gasteiger partial charge in [-0.05, 0) is 31.2 Å². The van der Waals surface area contributed by atoms with Gasteiger partial charge in [0.2, 0.25) is 0 Å². The number of halogens is 1. The normalized spacial score (nSPS) is 11.2. The summed E-state index contributed by atoms with van der Waals surface area (Å²) in [6, 6.07) is 5.09. The summed E-state index contributed by atoms with van der Waals surface area (Å²) in [5.41, 5.74) is 1.03. The summed E-state index contributed by atoms with van der Waals surface area (Å²) in [4.78, 5) is 23.6. The molecule has 0 aliphatic heterocycles. The molecule has 4 nitrogen and oxygen atoms in total. The van der Waals surface area contributed by atoms with Crippen LogP contribution in [-0.4, -0.2) is 17.1 Å². The summed E-state index contributed by atoms with van der Waals surface area (Å²) < 4.78 is 6.58. The highest BCUT2D eigenvalue weighted by molar-refractivity contribution is 6.31. The van der Waals surface area contributed by atoms with Crippen molar-refractivity contribution in [2.75, 3.05) is 6.61 Å². The molecular formula is C15H14ClNO3. The van der Waals surface area contributed by atoms with Crippen LogP contribution in [0, 0.1) is 0 Å². The Bertz CT molecular complexity index is 747. The van der Waals surface area contributed by atoms with Gasteiger partial charge in [-0.2, -0.15) is 0 Å². The number of aromatic nitrogens is 1.